The molecule has 1 aromatic heterocycles. The van der Waals surface area contributed by atoms with Crippen molar-refractivity contribution in [2.45, 2.75) is 0 Å². The normalized spacial score (nSPS) is 9.50. The standard InChI is InChI=1S/C12H8N4O2/c13-7-8-2-1-3-9(6-8)14-11-5-4-10(12(17)18)15-16-11/h1-6H,(H,14,16)(H,17,18). The molecule has 0 aliphatic rings. The van der Waals surface area contributed by atoms with E-state index in [2.05, 4.69) is 15.5 Å². The number of carboxylic acid groups (broad SMARTS) is 1. The van der Waals surface area contributed by atoms with Crippen molar-refractivity contribution < 1.29 is 9.90 Å². The molecule has 0 aliphatic carbocycles. The predicted octanol–water partition coefficient (Wildman–Crippen LogP) is 1.79. The van der Waals surface area contributed by atoms with Gasteiger partial charge in [0.1, 0.15) is 0 Å². The summed E-state index contributed by atoms with van der Waals surface area (Å²) in [6.07, 6.45) is 0. The van der Waals surface area contributed by atoms with Gasteiger partial charge < -0.3 is 10.4 Å². The minimum atomic E-state index is -1.12. The molecule has 2 N–H and O–H groups in total. The number of nitrogens with one attached hydrogen (secondary N) is 1. The summed E-state index contributed by atoms with van der Waals surface area (Å²) >= 11 is 0. The van der Waals surface area contributed by atoms with E-state index in [1.807, 2.05) is 6.07 Å². The summed E-state index contributed by atoms with van der Waals surface area (Å²) in [5, 5.41) is 27.6. The van der Waals surface area contributed by atoms with E-state index in [0.717, 1.165) is 0 Å². The second kappa shape index (κ2) is 4.93. The number of benzene rings is 1. The van der Waals surface area contributed by atoms with E-state index < -0.39 is 5.97 Å². The molecule has 88 valence electrons. The molecule has 0 saturated carbocycles. The molecule has 0 fully saturated rings. The summed E-state index contributed by atoms with van der Waals surface area (Å²) in [7, 11) is 0. The first-order chi connectivity index (χ1) is 8.69. The molecule has 0 aliphatic heterocycles. The molecular weight excluding hydrogens is 232 g/mol. The van der Waals surface area contributed by atoms with Crippen LogP contribution in [0.25, 0.3) is 0 Å². The zero-order valence-electron chi connectivity index (χ0n) is 9.16. The third-order valence-corrected chi connectivity index (χ3v) is 2.15. The molecule has 0 bridgehead atoms. The smallest absolute Gasteiger partial charge is 0.356 e. The lowest BCUT2D eigenvalue weighted by Crippen LogP contribution is -2.03. The van der Waals surface area contributed by atoms with Crippen LogP contribution in [0.2, 0.25) is 0 Å². The fraction of sp³-hybridized carbons (Fsp3) is 0. The van der Waals surface area contributed by atoms with Crippen LogP contribution in [0.3, 0.4) is 0 Å². The van der Waals surface area contributed by atoms with Gasteiger partial charge in [-0.3, -0.25) is 0 Å². The second-order valence-corrected chi connectivity index (χ2v) is 3.43. The Morgan fingerprint density at radius 1 is 1.28 bits per heavy atom. The highest BCUT2D eigenvalue weighted by molar-refractivity contribution is 5.85. The van der Waals surface area contributed by atoms with Gasteiger partial charge in [-0.05, 0) is 30.3 Å². The largest absolute Gasteiger partial charge is 0.476 e. The molecule has 0 radical (unpaired) electrons. The van der Waals surface area contributed by atoms with Crippen molar-refractivity contribution in [1.29, 1.82) is 5.26 Å². The van der Waals surface area contributed by atoms with Crippen molar-refractivity contribution in [2.24, 2.45) is 0 Å². The molecule has 1 aromatic carbocycles. The molecule has 0 amide bonds. The van der Waals surface area contributed by atoms with Crippen LogP contribution in [0, 0.1) is 11.3 Å². The Labute approximate surface area is 103 Å². The van der Waals surface area contributed by atoms with Gasteiger partial charge >= 0.3 is 5.97 Å². The first kappa shape index (κ1) is 11.5. The van der Waals surface area contributed by atoms with Crippen molar-refractivity contribution >= 4 is 17.5 Å². The lowest BCUT2D eigenvalue weighted by Gasteiger charge is -2.04. The Kier molecular flexibility index (Phi) is 3.16. The highest BCUT2D eigenvalue weighted by Crippen LogP contribution is 2.15. The number of hydrogen-bond donors (Lipinski definition) is 2. The molecule has 6 nitrogen and oxygen atoms in total. The van der Waals surface area contributed by atoms with Gasteiger partial charge in [0.05, 0.1) is 11.6 Å². The van der Waals surface area contributed by atoms with E-state index >= 15 is 0 Å². The van der Waals surface area contributed by atoms with Gasteiger partial charge in [-0.1, -0.05) is 6.07 Å². The molecular formula is C12H8N4O2. The molecule has 18 heavy (non-hydrogen) atoms. The van der Waals surface area contributed by atoms with Crippen LogP contribution in [0.1, 0.15) is 16.1 Å². The number of nitrogens with zero attached hydrogens (tertiary/aromatic N) is 3. The van der Waals surface area contributed by atoms with Gasteiger partial charge in [0.2, 0.25) is 0 Å². The zero-order valence-corrected chi connectivity index (χ0v) is 9.16. The maximum absolute atomic E-state index is 10.6. The van der Waals surface area contributed by atoms with Gasteiger partial charge in [-0.25, -0.2) is 4.79 Å². The summed E-state index contributed by atoms with van der Waals surface area (Å²) in [5.41, 5.74) is 1.09. The number of nitriles is 1. The predicted molar refractivity (Wildman–Crippen MR) is 63.4 cm³/mol. The third kappa shape index (κ3) is 2.59. The van der Waals surface area contributed by atoms with Crippen LogP contribution >= 0.6 is 0 Å². The summed E-state index contributed by atoms with van der Waals surface area (Å²) in [5.74, 6) is -0.712. The molecule has 1 heterocycles. The van der Waals surface area contributed by atoms with Crippen molar-refractivity contribution in [2.75, 3.05) is 5.32 Å². The van der Waals surface area contributed by atoms with Gasteiger partial charge in [0.15, 0.2) is 11.5 Å². The van der Waals surface area contributed by atoms with E-state index in [4.69, 9.17) is 10.4 Å². The number of carboxylic acids is 1. The Hall–Kier alpha value is -2.94. The lowest BCUT2D eigenvalue weighted by atomic mass is 10.2. The Bertz CT molecular complexity index is 617. The van der Waals surface area contributed by atoms with Crippen LogP contribution in [0.4, 0.5) is 11.5 Å². The van der Waals surface area contributed by atoms with Crippen molar-refractivity contribution in [3.05, 3.63) is 47.7 Å². The highest BCUT2D eigenvalue weighted by atomic mass is 16.4. The third-order valence-electron chi connectivity index (χ3n) is 2.15. The van der Waals surface area contributed by atoms with E-state index in [1.54, 1.807) is 24.3 Å². The summed E-state index contributed by atoms with van der Waals surface area (Å²) < 4.78 is 0. The van der Waals surface area contributed by atoms with Crippen LogP contribution < -0.4 is 5.32 Å². The number of rotatable bonds is 3. The maximum atomic E-state index is 10.6. The second-order valence-electron chi connectivity index (χ2n) is 3.43. The molecule has 0 saturated heterocycles. The summed E-state index contributed by atoms with van der Waals surface area (Å²) in [4.78, 5) is 10.6. The maximum Gasteiger partial charge on any atom is 0.356 e. The van der Waals surface area contributed by atoms with Gasteiger partial charge in [0.25, 0.3) is 0 Å². The van der Waals surface area contributed by atoms with Crippen LogP contribution in [-0.2, 0) is 0 Å². The van der Waals surface area contributed by atoms with Crippen molar-refractivity contribution in [3.8, 4) is 6.07 Å². The Morgan fingerprint density at radius 2 is 2.11 bits per heavy atom. The van der Waals surface area contributed by atoms with E-state index in [0.29, 0.717) is 17.1 Å². The fourth-order valence-corrected chi connectivity index (χ4v) is 1.33. The topological polar surface area (TPSA) is 98.9 Å². The van der Waals surface area contributed by atoms with E-state index in [1.165, 1.54) is 12.1 Å². The number of aromatic nitrogens is 2. The SMILES string of the molecule is N#Cc1cccc(Nc2ccc(C(=O)O)nn2)c1. The Morgan fingerprint density at radius 3 is 2.72 bits per heavy atom. The Balaban J connectivity index is 2.18. The molecule has 0 spiro atoms. The van der Waals surface area contributed by atoms with Gasteiger partial charge in [-0.15, -0.1) is 10.2 Å². The van der Waals surface area contributed by atoms with Gasteiger partial charge in [-0.2, -0.15) is 5.26 Å². The van der Waals surface area contributed by atoms with Crippen molar-refractivity contribution in [3.63, 3.8) is 0 Å². The molecule has 2 rings (SSSR count). The molecule has 0 unspecified atom stereocenters. The zero-order chi connectivity index (χ0) is 13.0. The number of hydrogen-bond acceptors (Lipinski definition) is 5. The number of aromatic carboxylic acids is 1. The number of carbonyl (C=O) groups is 1. The first-order valence-corrected chi connectivity index (χ1v) is 5.03. The molecule has 2 aromatic rings. The first-order valence-electron chi connectivity index (χ1n) is 5.03. The summed E-state index contributed by atoms with van der Waals surface area (Å²) in [6, 6.07) is 11.7. The molecule has 6 heteroatoms. The van der Waals surface area contributed by atoms with Gasteiger partial charge in [0, 0.05) is 5.69 Å². The van der Waals surface area contributed by atoms with Crippen molar-refractivity contribution in [1.82, 2.24) is 10.2 Å². The average molecular weight is 240 g/mol. The fourth-order valence-electron chi connectivity index (χ4n) is 1.33. The van der Waals surface area contributed by atoms with Crippen LogP contribution in [-0.4, -0.2) is 21.3 Å². The monoisotopic (exact) mass is 240 g/mol. The lowest BCUT2D eigenvalue weighted by molar-refractivity contribution is 0.0689. The van der Waals surface area contributed by atoms with Crippen LogP contribution in [0.5, 0.6) is 0 Å². The summed E-state index contributed by atoms with van der Waals surface area (Å²) in [6.45, 7) is 0. The minimum absolute atomic E-state index is 0.119. The molecule has 0 atom stereocenters. The van der Waals surface area contributed by atoms with E-state index in [9.17, 15) is 4.79 Å². The average Bonchev–Trinajstić information content (AvgIpc) is 2.39. The van der Waals surface area contributed by atoms with Crippen LogP contribution in [0.15, 0.2) is 36.4 Å². The number of anilines is 2. The minimum Gasteiger partial charge on any atom is -0.476 e. The van der Waals surface area contributed by atoms with E-state index in [-0.39, 0.29) is 5.69 Å². The highest BCUT2D eigenvalue weighted by Gasteiger charge is 2.05. The quantitative estimate of drug-likeness (QED) is 0.848.